The van der Waals surface area contributed by atoms with Crippen LogP contribution in [0.25, 0.3) is 55.6 Å². The van der Waals surface area contributed by atoms with Crippen LogP contribution >= 0.6 is 0 Å². The number of nitrogens with zero attached hydrogens (tertiary/aromatic N) is 3. The Kier molecular flexibility index (Phi) is 6.13. The Morgan fingerprint density at radius 3 is 2.69 bits per heavy atom. The van der Waals surface area contributed by atoms with Gasteiger partial charge in [-0.1, -0.05) is 37.1 Å². The average Bonchev–Trinajstić information content (AvgIpc) is 3.73. The van der Waals surface area contributed by atoms with E-state index in [1.54, 1.807) is 18.3 Å². The molecule has 0 spiro atoms. The van der Waals surface area contributed by atoms with E-state index in [0.29, 0.717) is 11.2 Å². The molecule has 194 valence electrons. The highest BCUT2D eigenvalue weighted by Gasteiger charge is 2.17. The van der Waals surface area contributed by atoms with E-state index in [1.165, 1.54) is 37.3 Å². The van der Waals surface area contributed by atoms with Crippen LogP contribution in [-0.4, -0.2) is 31.7 Å². The van der Waals surface area contributed by atoms with Crippen molar-refractivity contribution in [3.8, 4) is 33.6 Å². The van der Waals surface area contributed by atoms with E-state index in [0.717, 1.165) is 63.4 Å². The number of nitrogens with one attached hydrogen (secondary N) is 3. The van der Waals surface area contributed by atoms with Gasteiger partial charge in [-0.05, 0) is 78.4 Å². The van der Waals surface area contributed by atoms with E-state index in [9.17, 15) is 4.39 Å². The van der Waals surface area contributed by atoms with Crippen molar-refractivity contribution in [3.63, 3.8) is 0 Å². The van der Waals surface area contributed by atoms with Gasteiger partial charge in [-0.2, -0.15) is 5.10 Å². The molecule has 0 aliphatic heterocycles. The standard InChI is InChI=1S/C32H29FN6/c33-28-8-4-3-7-25(28)24-11-12-36-32-26(24)15-30(37-32)31-27-14-22(9-10-29(27)38-39-31)23-13-21(18-35-19-23)17-34-16-20-5-1-2-6-20/h3-4,7-15,18-20,34H,1-2,5-6,16-17H2,(H,36,37)(H,38,39). The summed E-state index contributed by atoms with van der Waals surface area (Å²) in [4.78, 5) is 12.4. The van der Waals surface area contributed by atoms with Crippen LogP contribution in [0.4, 0.5) is 4.39 Å². The Balaban J connectivity index is 1.21. The van der Waals surface area contributed by atoms with E-state index >= 15 is 0 Å². The van der Waals surface area contributed by atoms with Gasteiger partial charge in [0.25, 0.3) is 0 Å². The maximum absolute atomic E-state index is 14.6. The second kappa shape index (κ2) is 10.1. The molecule has 39 heavy (non-hydrogen) atoms. The molecule has 0 bridgehead atoms. The largest absolute Gasteiger partial charge is 0.338 e. The molecule has 0 radical (unpaired) electrons. The highest BCUT2D eigenvalue weighted by atomic mass is 19.1. The summed E-state index contributed by atoms with van der Waals surface area (Å²) in [5.41, 5.74) is 7.94. The van der Waals surface area contributed by atoms with E-state index in [1.807, 2.05) is 30.6 Å². The zero-order chi connectivity index (χ0) is 26.2. The third kappa shape index (κ3) is 4.59. The summed E-state index contributed by atoms with van der Waals surface area (Å²) >= 11 is 0. The minimum absolute atomic E-state index is 0.257. The molecule has 6 aromatic rings. The highest BCUT2D eigenvalue weighted by Crippen LogP contribution is 2.35. The molecular weight excluding hydrogens is 487 g/mol. The van der Waals surface area contributed by atoms with Crippen LogP contribution in [0.3, 0.4) is 0 Å². The monoisotopic (exact) mass is 516 g/mol. The molecule has 0 amide bonds. The van der Waals surface area contributed by atoms with Gasteiger partial charge in [0.2, 0.25) is 0 Å². The number of hydrogen-bond acceptors (Lipinski definition) is 4. The van der Waals surface area contributed by atoms with Crippen LogP contribution in [0.5, 0.6) is 0 Å². The van der Waals surface area contributed by atoms with Crippen LogP contribution in [0.15, 0.2) is 79.3 Å². The van der Waals surface area contributed by atoms with Gasteiger partial charge in [0, 0.05) is 47.0 Å². The average molecular weight is 517 g/mol. The summed E-state index contributed by atoms with van der Waals surface area (Å²) in [5.74, 6) is 0.554. The third-order valence-corrected chi connectivity index (χ3v) is 7.88. The molecule has 2 aromatic carbocycles. The van der Waals surface area contributed by atoms with Crippen LogP contribution in [0, 0.1) is 11.7 Å². The van der Waals surface area contributed by atoms with E-state index in [2.05, 4.69) is 54.7 Å². The Labute approximate surface area is 225 Å². The molecule has 3 N–H and O–H groups in total. The van der Waals surface area contributed by atoms with Gasteiger partial charge in [0.1, 0.15) is 17.2 Å². The molecule has 1 saturated carbocycles. The number of benzene rings is 2. The first-order chi connectivity index (χ1) is 19.2. The summed E-state index contributed by atoms with van der Waals surface area (Å²) in [6, 6.07) is 19.2. The number of halogens is 1. The van der Waals surface area contributed by atoms with Crippen molar-refractivity contribution in [2.75, 3.05) is 6.54 Å². The SMILES string of the molecule is Fc1ccccc1-c1ccnc2[nH]c(-c3n[nH]c4ccc(-c5cncc(CNCC6CCCC6)c5)cc34)cc12. The van der Waals surface area contributed by atoms with Crippen molar-refractivity contribution in [1.82, 2.24) is 30.5 Å². The zero-order valence-corrected chi connectivity index (χ0v) is 21.5. The number of pyridine rings is 2. The van der Waals surface area contributed by atoms with E-state index in [-0.39, 0.29) is 5.82 Å². The maximum atomic E-state index is 14.6. The number of H-pyrrole nitrogens is 2. The van der Waals surface area contributed by atoms with Gasteiger partial charge >= 0.3 is 0 Å². The van der Waals surface area contributed by atoms with Crippen molar-refractivity contribution < 1.29 is 4.39 Å². The Morgan fingerprint density at radius 1 is 0.897 bits per heavy atom. The van der Waals surface area contributed by atoms with Crippen molar-refractivity contribution in [1.29, 1.82) is 0 Å². The normalized spacial score (nSPS) is 14.1. The molecule has 7 heteroatoms. The van der Waals surface area contributed by atoms with Crippen LogP contribution in [0.1, 0.15) is 31.2 Å². The summed E-state index contributed by atoms with van der Waals surface area (Å²) in [6.45, 7) is 1.90. The van der Waals surface area contributed by atoms with E-state index < -0.39 is 0 Å². The van der Waals surface area contributed by atoms with Crippen molar-refractivity contribution >= 4 is 21.9 Å². The first kappa shape index (κ1) is 23.7. The topological polar surface area (TPSA) is 82.3 Å². The van der Waals surface area contributed by atoms with Crippen molar-refractivity contribution in [3.05, 3.63) is 90.6 Å². The third-order valence-electron chi connectivity index (χ3n) is 7.88. The number of aromatic amines is 2. The Hall–Kier alpha value is -4.36. The molecular formula is C32H29FN6. The molecule has 0 unspecified atom stereocenters. The first-order valence-electron chi connectivity index (χ1n) is 13.6. The second-order valence-corrected chi connectivity index (χ2v) is 10.5. The van der Waals surface area contributed by atoms with Crippen molar-refractivity contribution in [2.45, 2.75) is 32.2 Å². The van der Waals surface area contributed by atoms with Crippen LogP contribution in [0.2, 0.25) is 0 Å². The molecule has 1 aliphatic carbocycles. The highest BCUT2D eigenvalue weighted by molar-refractivity contribution is 6.00. The lowest BCUT2D eigenvalue weighted by atomic mass is 10.0. The number of hydrogen-bond donors (Lipinski definition) is 3. The quantitative estimate of drug-likeness (QED) is 0.209. The lowest BCUT2D eigenvalue weighted by Crippen LogP contribution is -2.20. The fraction of sp³-hybridized carbons (Fsp3) is 0.219. The fourth-order valence-corrected chi connectivity index (χ4v) is 5.85. The van der Waals surface area contributed by atoms with E-state index in [4.69, 9.17) is 0 Å². The summed E-state index contributed by atoms with van der Waals surface area (Å²) in [6.07, 6.45) is 11.0. The zero-order valence-electron chi connectivity index (χ0n) is 21.5. The van der Waals surface area contributed by atoms with Gasteiger partial charge in [0.05, 0.1) is 11.2 Å². The fourth-order valence-electron chi connectivity index (χ4n) is 5.85. The predicted octanol–water partition coefficient (Wildman–Crippen LogP) is 7.25. The maximum Gasteiger partial charge on any atom is 0.138 e. The van der Waals surface area contributed by atoms with Gasteiger partial charge in [-0.15, -0.1) is 0 Å². The number of aromatic nitrogens is 5. The second-order valence-electron chi connectivity index (χ2n) is 10.5. The number of fused-ring (bicyclic) bond motifs is 2. The minimum Gasteiger partial charge on any atom is -0.338 e. The van der Waals surface area contributed by atoms with Crippen LogP contribution < -0.4 is 5.32 Å². The molecule has 1 aliphatic rings. The molecule has 0 atom stereocenters. The van der Waals surface area contributed by atoms with Gasteiger partial charge in [-0.25, -0.2) is 9.37 Å². The molecule has 4 aromatic heterocycles. The Bertz CT molecular complexity index is 1780. The first-order valence-corrected chi connectivity index (χ1v) is 13.6. The molecule has 6 nitrogen and oxygen atoms in total. The van der Waals surface area contributed by atoms with Gasteiger partial charge in [0.15, 0.2) is 0 Å². The van der Waals surface area contributed by atoms with Gasteiger partial charge < -0.3 is 10.3 Å². The lowest BCUT2D eigenvalue weighted by molar-refractivity contribution is 0.489. The molecule has 0 saturated heterocycles. The predicted molar refractivity (Wildman–Crippen MR) is 153 cm³/mol. The molecule has 7 rings (SSSR count). The molecule has 4 heterocycles. The summed E-state index contributed by atoms with van der Waals surface area (Å²) in [5, 5.41) is 13.3. The molecule has 1 fully saturated rings. The van der Waals surface area contributed by atoms with Crippen LogP contribution in [-0.2, 0) is 6.54 Å². The number of rotatable bonds is 7. The van der Waals surface area contributed by atoms with Crippen molar-refractivity contribution in [2.24, 2.45) is 5.92 Å². The van der Waals surface area contributed by atoms with Gasteiger partial charge in [-0.3, -0.25) is 10.1 Å². The smallest absolute Gasteiger partial charge is 0.138 e. The summed E-state index contributed by atoms with van der Waals surface area (Å²) in [7, 11) is 0. The minimum atomic E-state index is -0.257. The Morgan fingerprint density at radius 2 is 1.79 bits per heavy atom. The lowest BCUT2D eigenvalue weighted by Gasteiger charge is -2.11. The summed E-state index contributed by atoms with van der Waals surface area (Å²) < 4.78 is 14.6.